The van der Waals surface area contributed by atoms with Crippen LogP contribution in [0.1, 0.15) is 16.7 Å². The van der Waals surface area contributed by atoms with Gasteiger partial charge >= 0.3 is 0 Å². The van der Waals surface area contributed by atoms with Crippen molar-refractivity contribution >= 4 is 0 Å². The molecule has 0 fully saturated rings. The molecule has 0 saturated carbocycles. The molecule has 3 nitrogen and oxygen atoms in total. The number of nitriles is 1. The average Bonchev–Trinajstić information content (AvgIpc) is 2.45. The van der Waals surface area contributed by atoms with Crippen molar-refractivity contribution in [3.63, 3.8) is 0 Å². The molecular formula is C15H12F2N2O. The van der Waals surface area contributed by atoms with Crippen LogP contribution in [-0.4, -0.2) is 0 Å². The van der Waals surface area contributed by atoms with Crippen LogP contribution in [-0.2, 0) is 13.2 Å². The monoisotopic (exact) mass is 274 g/mol. The highest BCUT2D eigenvalue weighted by atomic mass is 19.1. The fourth-order valence-electron chi connectivity index (χ4n) is 1.76. The SMILES string of the molecule is N#Cc1cccc(COc2cc(F)cc(CN)c2)c1F. The Kier molecular flexibility index (Phi) is 4.28. The largest absolute Gasteiger partial charge is 0.489 e. The molecule has 0 radical (unpaired) electrons. The van der Waals surface area contributed by atoms with E-state index in [0.29, 0.717) is 5.56 Å². The van der Waals surface area contributed by atoms with E-state index in [9.17, 15) is 8.78 Å². The van der Waals surface area contributed by atoms with E-state index in [4.69, 9.17) is 15.7 Å². The van der Waals surface area contributed by atoms with Crippen LogP contribution >= 0.6 is 0 Å². The molecule has 2 rings (SSSR count). The molecule has 0 amide bonds. The molecule has 2 aromatic carbocycles. The summed E-state index contributed by atoms with van der Waals surface area (Å²) in [5.41, 5.74) is 6.22. The molecule has 0 unspecified atom stereocenters. The van der Waals surface area contributed by atoms with E-state index in [1.807, 2.05) is 0 Å². The summed E-state index contributed by atoms with van der Waals surface area (Å²) < 4.78 is 32.4. The summed E-state index contributed by atoms with van der Waals surface area (Å²) >= 11 is 0. The molecule has 102 valence electrons. The lowest BCUT2D eigenvalue weighted by molar-refractivity contribution is 0.298. The van der Waals surface area contributed by atoms with E-state index in [1.54, 1.807) is 18.2 Å². The van der Waals surface area contributed by atoms with Crippen molar-refractivity contribution in [3.05, 3.63) is 64.7 Å². The molecule has 2 aromatic rings. The lowest BCUT2D eigenvalue weighted by Crippen LogP contribution is -2.02. The van der Waals surface area contributed by atoms with Crippen molar-refractivity contribution in [2.45, 2.75) is 13.2 Å². The van der Waals surface area contributed by atoms with Crippen LogP contribution in [0, 0.1) is 23.0 Å². The van der Waals surface area contributed by atoms with Crippen molar-refractivity contribution in [3.8, 4) is 11.8 Å². The first-order chi connectivity index (χ1) is 9.63. The minimum atomic E-state index is -0.620. The molecular weight excluding hydrogens is 262 g/mol. The Balaban J connectivity index is 2.17. The van der Waals surface area contributed by atoms with Crippen LogP contribution in [0.15, 0.2) is 36.4 Å². The summed E-state index contributed by atoms with van der Waals surface area (Å²) in [6, 6.07) is 10.3. The Morgan fingerprint density at radius 2 is 2.00 bits per heavy atom. The van der Waals surface area contributed by atoms with Crippen molar-refractivity contribution in [1.82, 2.24) is 0 Å². The maximum Gasteiger partial charge on any atom is 0.147 e. The minimum absolute atomic E-state index is 0.0482. The van der Waals surface area contributed by atoms with Crippen LogP contribution in [0.25, 0.3) is 0 Å². The van der Waals surface area contributed by atoms with Gasteiger partial charge in [0.1, 0.15) is 30.1 Å². The average molecular weight is 274 g/mol. The van der Waals surface area contributed by atoms with Crippen LogP contribution in [0.5, 0.6) is 5.75 Å². The molecule has 0 bridgehead atoms. The van der Waals surface area contributed by atoms with Gasteiger partial charge in [-0.25, -0.2) is 8.78 Å². The Morgan fingerprint density at radius 1 is 1.20 bits per heavy atom. The first kappa shape index (κ1) is 14.0. The maximum absolute atomic E-state index is 13.8. The summed E-state index contributed by atoms with van der Waals surface area (Å²) in [6.07, 6.45) is 0. The fraction of sp³-hybridized carbons (Fsp3) is 0.133. The van der Waals surface area contributed by atoms with Crippen molar-refractivity contribution < 1.29 is 13.5 Å². The third-order valence-electron chi connectivity index (χ3n) is 2.76. The lowest BCUT2D eigenvalue weighted by Gasteiger charge is -2.09. The number of nitrogens with two attached hydrogens (primary N) is 1. The lowest BCUT2D eigenvalue weighted by atomic mass is 10.1. The normalized spacial score (nSPS) is 10.1. The van der Waals surface area contributed by atoms with Gasteiger partial charge in [0.2, 0.25) is 0 Å². The van der Waals surface area contributed by atoms with Gasteiger partial charge in [-0.1, -0.05) is 12.1 Å². The van der Waals surface area contributed by atoms with E-state index >= 15 is 0 Å². The van der Waals surface area contributed by atoms with Crippen LogP contribution in [0.2, 0.25) is 0 Å². The molecule has 0 aliphatic rings. The van der Waals surface area contributed by atoms with E-state index in [1.165, 1.54) is 24.3 Å². The van der Waals surface area contributed by atoms with Gasteiger partial charge in [-0.15, -0.1) is 0 Å². The molecule has 0 aromatic heterocycles. The van der Waals surface area contributed by atoms with Gasteiger partial charge < -0.3 is 10.5 Å². The molecule has 0 atom stereocenters. The topological polar surface area (TPSA) is 59.0 Å². The Labute approximate surface area is 115 Å². The van der Waals surface area contributed by atoms with Gasteiger partial charge in [-0.2, -0.15) is 5.26 Å². The second-order valence-corrected chi connectivity index (χ2v) is 4.18. The molecule has 2 N–H and O–H groups in total. The maximum atomic E-state index is 13.8. The molecule has 0 aliphatic carbocycles. The van der Waals surface area contributed by atoms with Gasteiger partial charge in [0.15, 0.2) is 0 Å². The molecule has 0 heterocycles. The van der Waals surface area contributed by atoms with Crippen LogP contribution in [0.4, 0.5) is 8.78 Å². The number of benzene rings is 2. The summed E-state index contributed by atoms with van der Waals surface area (Å²) in [7, 11) is 0. The van der Waals surface area contributed by atoms with Crippen LogP contribution in [0.3, 0.4) is 0 Å². The molecule has 5 heteroatoms. The van der Waals surface area contributed by atoms with Crippen molar-refractivity contribution in [2.75, 3.05) is 0 Å². The second kappa shape index (κ2) is 6.13. The quantitative estimate of drug-likeness (QED) is 0.932. The van der Waals surface area contributed by atoms with E-state index in [-0.39, 0.29) is 30.0 Å². The number of hydrogen-bond donors (Lipinski definition) is 1. The van der Waals surface area contributed by atoms with Gasteiger partial charge in [0.25, 0.3) is 0 Å². The third-order valence-corrected chi connectivity index (χ3v) is 2.76. The first-order valence-corrected chi connectivity index (χ1v) is 5.94. The number of halogens is 2. The zero-order valence-electron chi connectivity index (χ0n) is 10.6. The zero-order valence-corrected chi connectivity index (χ0v) is 10.6. The Bertz CT molecular complexity index is 665. The Hall–Kier alpha value is -2.45. The summed E-state index contributed by atoms with van der Waals surface area (Å²) in [6.45, 7) is 0.0984. The molecule has 0 aliphatic heterocycles. The number of hydrogen-bond acceptors (Lipinski definition) is 3. The van der Waals surface area contributed by atoms with Gasteiger partial charge in [-0.3, -0.25) is 0 Å². The van der Waals surface area contributed by atoms with Crippen LogP contribution < -0.4 is 10.5 Å². The van der Waals surface area contributed by atoms with E-state index in [0.717, 1.165) is 0 Å². The summed E-state index contributed by atoms with van der Waals surface area (Å²) in [5.74, 6) is -0.813. The molecule has 0 saturated heterocycles. The highest BCUT2D eigenvalue weighted by Gasteiger charge is 2.08. The smallest absolute Gasteiger partial charge is 0.147 e. The van der Waals surface area contributed by atoms with Gasteiger partial charge in [-0.05, 0) is 23.8 Å². The number of ether oxygens (including phenoxy) is 1. The zero-order chi connectivity index (χ0) is 14.5. The molecule has 0 spiro atoms. The third kappa shape index (κ3) is 3.11. The highest BCUT2D eigenvalue weighted by Crippen LogP contribution is 2.19. The van der Waals surface area contributed by atoms with Gasteiger partial charge in [0, 0.05) is 18.2 Å². The van der Waals surface area contributed by atoms with Crippen molar-refractivity contribution in [1.29, 1.82) is 5.26 Å². The predicted molar refractivity (Wildman–Crippen MR) is 69.7 cm³/mol. The van der Waals surface area contributed by atoms with Gasteiger partial charge in [0.05, 0.1) is 5.56 Å². The van der Waals surface area contributed by atoms with Crippen molar-refractivity contribution in [2.24, 2.45) is 5.73 Å². The fourth-order valence-corrected chi connectivity index (χ4v) is 1.76. The number of nitrogens with zero attached hydrogens (tertiary/aromatic N) is 1. The second-order valence-electron chi connectivity index (χ2n) is 4.18. The first-order valence-electron chi connectivity index (χ1n) is 5.94. The highest BCUT2D eigenvalue weighted by molar-refractivity contribution is 5.35. The molecule has 20 heavy (non-hydrogen) atoms. The minimum Gasteiger partial charge on any atom is -0.489 e. The van der Waals surface area contributed by atoms with E-state index < -0.39 is 11.6 Å². The van der Waals surface area contributed by atoms with E-state index in [2.05, 4.69) is 0 Å². The predicted octanol–water partition coefficient (Wildman–Crippen LogP) is 2.87. The number of rotatable bonds is 4. The standard InChI is InChI=1S/C15H12F2N2O/c16-13-4-10(7-18)5-14(6-13)20-9-12-3-1-2-11(8-19)15(12)17/h1-6H,7,9,18H2. The summed E-state index contributed by atoms with van der Waals surface area (Å²) in [5, 5.41) is 8.74. The summed E-state index contributed by atoms with van der Waals surface area (Å²) in [4.78, 5) is 0. The Morgan fingerprint density at radius 3 is 2.70 bits per heavy atom.